The van der Waals surface area contributed by atoms with Gasteiger partial charge in [-0.25, -0.2) is 0 Å². The summed E-state index contributed by atoms with van der Waals surface area (Å²) in [5.74, 6) is 2.12. The third kappa shape index (κ3) is 5.89. The van der Waals surface area contributed by atoms with Crippen molar-refractivity contribution in [3.05, 3.63) is 11.6 Å². The number of thioether (sulfide) groups is 1. The third-order valence-corrected chi connectivity index (χ3v) is 3.72. The number of rotatable bonds is 8. The van der Waals surface area contributed by atoms with E-state index in [2.05, 4.69) is 6.08 Å². The van der Waals surface area contributed by atoms with Gasteiger partial charge in [0, 0.05) is 18.6 Å². The molecule has 0 radical (unpaired) electrons. The second-order valence-electron chi connectivity index (χ2n) is 3.88. The van der Waals surface area contributed by atoms with Gasteiger partial charge in [-0.2, -0.15) is 11.8 Å². The van der Waals surface area contributed by atoms with Crippen molar-refractivity contribution in [3.63, 3.8) is 0 Å². The molecule has 1 atom stereocenters. The van der Waals surface area contributed by atoms with Crippen molar-refractivity contribution < 1.29 is 14.6 Å². The monoisotopic (exact) mass is 246 g/mol. The maximum Gasteiger partial charge on any atom is 0.0698 e. The van der Waals surface area contributed by atoms with Crippen LogP contribution in [0.15, 0.2) is 11.6 Å². The number of hydrogen-bond donors (Lipinski definition) is 1. The summed E-state index contributed by atoms with van der Waals surface area (Å²) < 4.78 is 10.5. The second kappa shape index (κ2) is 9.05. The highest BCUT2D eigenvalue weighted by Crippen LogP contribution is 2.22. The Morgan fingerprint density at radius 1 is 1.50 bits per heavy atom. The molecule has 1 aliphatic carbocycles. The largest absolute Gasteiger partial charge is 0.394 e. The van der Waals surface area contributed by atoms with Crippen LogP contribution >= 0.6 is 11.8 Å². The minimum atomic E-state index is 0.119. The number of ether oxygens (including phenoxy) is 2. The van der Waals surface area contributed by atoms with Crippen LogP contribution in [0.3, 0.4) is 0 Å². The predicted octanol–water partition coefficient (Wildman–Crippen LogP) is 1.85. The van der Waals surface area contributed by atoms with Crippen LogP contribution in [0.2, 0.25) is 0 Å². The smallest absolute Gasteiger partial charge is 0.0698 e. The molecule has 0 saturated carbocycles. The van der Waals surface area contributed by atoms with Crippen LogP contribution in [-0.2, 0) is 9.47 Å². The number of aliphatic hydroxyl groups excluding tert-OH is 1. The van der Waals surface area contributed by atoms with Gasteiger partial charge < -0.3 is 14.6 Å². The molecule has 0 fully saturated rings. The fourth-order valence-corrected chi connectivity index (χ4v) is 2.60. The summed E-state index contributed by atoms with van der Waals surface area (Å²) in [6.45, 7) is 1.31. The van der Waals surface area contributed by atoms with Gasteiger partial charge in [-0.3, -0.25) is 0 Å². The van der Waals surface area contributed by atoms with Crippen LogP contribution in [0.4, 0.5) is 0 Å². The first-order valence-corrected chi connectivity index (χ1v) is 6.99. The Hall–Kier alpha value is -0.0300. The second-order valence-corrected chi connectivity index (χ2v) is 4.99. The van der Waals surface area contributed by atoms with Crippen molar-refractivity contribution in [2.24, 2.45) is 0 Å². The molecule has 16 heavy (non-hydrogen) atoms. The molecular formula is C12H22O3S. The Morgan fingerprint density at radius 3 is 3.00 bits per heavy atom. The molecule has 3 nitrogen and oxygen atoms in total. The molecule has 0 bridgehead atoms. The van der Waals surface area contributed by atoms with Gasteiger partial charge in [0.2, 0.25) is 0 Å². The lowest BCUT2D eigenvalue weighted by atomic mass is 9.98. The topological polar surface area (TPSA) is 38.7 Å². The van der Waals surface area contributed by atoms with Crippen molar-refractivity contribution in [3.8, 4) is 0 Å². The molecular weight excluding hydrogens is 224 g/mol. The molecule has 0 heterocycles. The summed E-state index contributed by atoms with van der Waals surface area (Å²) in [7, 11) is 1.79. The molecule has 94 valence electrons. The highest BCUT2D eigenvalue weighted by Gasteiger charge is 2.12. The van der Waals surface area contributed by atoms with Crippen LogP contribution in [0.1, 0.15) is 19.3 Å². The van der Waals surface area contributed by atoms with Gasteiger partial charge in [0.05, 0.1) is 25.9 Å². The lowest BCUT2D eigenvalue weighted by Crippen LogP contribution is -2.14. The van der Waals surface area contributed by atoms with Crippen molar-refractivity contribution in [1.29, 1.82) is 0 Å². The van der Waals surface area contributed by atoms with Crippen LogP contribution in [0.5, 0.6) is 0 Å². The maximum atomic E-state index is 8.52. The minimum Gasteiger partial charge on any atom is -0.394 e. The molecule has 0 amide bonds. The molecule has 1 unspecified atom stereocenters. The number of methoxy groups -OCH3 is 1. The lowest BCUT2D eigenvalue weighted by Gasteiger charge is -2.20. The van der Waals surface area contributed by atoms with Gasteiger partial charge in [-0.05, 0) is 19.3 Å². The Balaban J connectivity index is 1.99. The fraction of sp³-hybridized carbons (Fsp3) is 0.833. The van der Waals surface area contributed by atoms with E-state index in [-0.39, 0.29) is 6.61 Å². The van der Waals surface area contributed by atoms with Crippen LogP contribution in [0.25, 0.3) is 0 Å². The van der Waals surface area contributed by atoms with E-state index in [9.17, 15) is 0 Å². The minimum absolute atomic E-state index is 0.119. The summed E-state index contributed by atoms with van der Waals surface area (Å²) in [6, 6.07) is 0. The van der Waals surface area contributed by atoms with E-state index in [1.807, 2.05) is 11.8 Å². The SMILES string of the molecule is COC1CC=C(CSCCOCCO)CC1. The fourth-order valence-electron chi connectivity index (χ4n) is 1.70. The average Bonchev–Trinajstić information content (AvgIpc) is 2.34. The summed E-state index contributed by atoms with van der Waals surface area (Å²) >= 11 is 1.90. The Morgan fingerprint density at radius 2 is 2.38 bits per heavy atom. The summed E-state index contributed by atoms with van der Waals surface area (Å²) in [4.78, 5) is 0. The van der Waals surface area contributed by atoms with Crippen LogP contribution in [0, 0.1) is 0 Å². The summed E-state index contributed by atoms with van der Waals surface area (Å²) in [5, 5.41) is 8.52. The molecule has 1 N–H and O–H groups in total. The van der Waals surface area contributed by atoms with Crippen LogP contribution < -0.4 is 0 Å². The molecule has 0 aromatic heterocycles. The molecule has 0 saturated heterocycles. The maximum absolute atomic E-state index is 8.52. The van der Waals surface area contributed by atoms with Crippen molar-refractivity contribution in [1.82, 2.24) is 0 Å². The van der Waals surface area contributed by atoms with Crippen LogP contribution in [-0.4, -0.2) is 49.6 Å². The highest BCUT2D eigenvalue weighted by atomic mass is 32.2. The van der Waals surface area contributed by atoms with E-state index in [0.717, 1.165) is 31.0 Å². The molecule has 0 aromatic carbocycles. The first-order valence-electron chi connectivity index (χ1n) is 5.84. The molecule has 0 aromatic rings. The Kier molecular flexibility index (Phi) is 7.93. The zero-order chi connectivity index (χ0) is 11.6. The van der Waals surface area contributed by atoms with Crippen molar-refractivity contribution in [2.45, 2.75) is 25.4 Å². The lowest BCUT2D eigenvalue weighted by molar-refractivity contribution is 0.0941. The molecule has 4 heteroatoms. The Labute approximate surface area is 102 Å². The van der Waals surface area contributed by atoms with E-state index >= 15 is 0 Å². The third-order valence-electron chi connectivity index (χ3n) is 2.69. The van der Waals surface area contributed by atoms with Crippen molar-refractivity contribution in [2.75, 3.05) is 38.4 Å². The first kappa shape index (κ1) is 14.0. The highest BCUT2D eigenvalue weighted by molar-refractivity contribution is 7.99. The average molecular weight is 246 g/mol. The number of aliphatic hydroxyl groups is 1. The molecule has 1 rings (SSSR count). The zero-order valence-electron chi connectivity index (χ0n) is 9.98. The van der Waals surface area contributed by atoms with E-state index < -0.39 is 0 Å². The van der Waals surface area contributed by atoms with Gasteiger partial charge in [-0.1, -0.05) is 11.6 Å². The van der Waals surface area contributed by atoms with Gasteiger partial charge in [0.1, 0.15) is 0 Å². The van der Waals surface area contributed by atoms with E-state index in [0.29, 0.717) is 12.7 Å². The standard InChI is InChI=1S/C12H22O3S/c1-14-12-4-2-11(3-5-12)10-16-9-8-15-7-6-13/h2,12-13H,3-10H2,1H3. The van der Waals surface area contributed by atoms with E-state index in [1.165, 1.54) is 6.42 Å². The Bertz CT molecular complexity index is 206. The van der Waals surface area contributed by atoms with Crippen molar-refractivity contribution >= 4 is 11.8 Å². The van der Waals surface area contributed by atoms with E-state index in [1.54, 1.807) is 12.7 Å². The van der Waals surface area contributed by atoms with Gasteiger partial charge in [0.25, 0.3) is 0 Å². The van der Waals surface area contributed by atoms with E-state index in [4.69, 9.17) is 14.6 Å². The quantitative estimate of drug-likeness (QED) is 0.524. The van der Waals surface area contributed by atoms with Gasteiger partial charge in [-0.15, -0.1) is 0 Å². The molecule has 0 spiro atoms. The van der Waals surface area contributed by atoms with Gasteiger partial charge >= 0.3 is 0 Å². The number of hydrogen-bond acceptors (Lipinski definition) is 4. The summed E-state index contributed by atoms with van der Waals surface area (Å²) in [6.07, 6.45) is 6.14. The van der Waals surface area contributed by atoms with Gasteiger partial charge in [0.15, 0.2) is 0 Å². The first-order chi connectivity index (χ1) is 7.86. The predicted molar refractivity (Wildman–Crippen MR) is 68.0 cm³/mol. The summed E-state index contributed by atoms with van der Waals surface area (Å²) in [5.41, 5.74) is 1.54. The molecule has 0 aliphatic heterocycles. The normalized spacial score (nSPS) is 20.9. The molecule has 1 aliphatic rings. The zero-order valence-corrected chi connectivity index (χ0v) is 10.8.